The maximum atomic E-state index is 8.81. The van der Waals surface area contributed by atoms with Gasteiger partial charge in [0.15, 0.2) is 0 Å². The van der Waals surface area contributed by atoms with Crippen molar-refractivity contribution in [2.75, 3.05) is 12.4 Å². The molecule has 0 spiro atoms. The average molecular weight is 304 g/mol. The molecule has 0 aliphatic carbocycles. The molecular formula is C13H10BrN3O. The van der Waals surface area contributed by atoms with Crippen LogP contribution in [0.5, 0.6) is 5.75 Å². The number of hydrogen-bond acceptors (Lipinski definition) is 4. The smallest absolute Gasteiger partial charge is 0.135 e. The van der Waals surface area contributed by atoms with Crippen LogP contribution in [0.1, 0.15) is 5.56 Å². The van der Waals surface area contributed by atoms with Gasteiger partial charge >= 0.3 is 0 Å². The second-order valence-corrected chi connectivity index (χ2v) is 4.37. The lowest BCUT2D eigenvalue weighted by atomic mass is 10.2. The van der Waals surface area contributed by atoms with Gasteiger partial charge in [-0.25, -0.2) is 4.98 Å². The molecule has 0 aliphatic heterocycles. The van der Waals surface area contributed by atoms with E-state index in [-0.39, 0.29) is 0 Å². The Bertz CT molecular complexity index is 607. The fraction of sp³-hybridized carbons (Fsp3) is 0.0769. The van der Waals surface area contributed by atoms with Crippen molar-refractivity contribution in [2.45, 2.75) is 0 Å². The summed E-state index contributed by atoms with van der Waals surface area (Å²) in [4.78, 5) is 4.15. The van der Waals surface area contributed by atoms with Gasteiger partial charge in [-0.3, -0.25) is 0 Å². The lowest BCUT2D eigenvalue weighted by Gasteiger charge is -2.08. The molecule has 1 aromatic heterocycles. The number of nitriles is 1. The highest BCUT2D eigenvalue weighted by atomic mass is 79.9. The summed E-state index contributed by atoms with van der Waals surface area (Å²) in [6.07, 6.45) is 1.59. The molecule has 0 saturated carbocycles. The van der Waals surface area contributed by atoms with E-state index in [9.17, 15) is 0 Å². The monoisotopic (exact) mass is 303 g/mol. The molecule has 0 aliphatic rings. The molecule has 0 bridgehead atoms. The first-order chi connectivity index (χ1) is 8.72. The molecule has 2 aromatic rings. The molecule has 0 atom stereocenters. The van der Waals surface area contributed by atoms with Crippen LogP contribution >= 0.6 is 15.9 Å². The van der Waals surface area contributed by atoms with Crippen LogP contribution in [0.4, 0.5) is 11.5 Å². The molecule has 1 N–H and O–H groups in total. The van der Waals surface area contributed by atoms with Crippen molar-refractivity contribution in [2.24, 2.45) is 0 Å². The molecule has 4 nitrogen and oxygen atoms in total. The Morgan fingerprint density at radius 2 is 2.17 bits per heavy atom. The summed E-state index contributed by atoms with van der Waals surface area (Å²) in [5, 5.41) is 11.9. The molecule has 18 heavy (non-hydrogen) atoms. The minimum absolute atomic E-state index is 0.566. The zero-order valence-electron chi connectivity index (χ0n) is 9.64. The molecule has 0 unspecified atom stereocenters. The zero-order chi connectivity index (χ0) is 13.0. The van der Waals surface area contributed by atoms with E-state index in [1.807, 2.05) is 18.2 Å². The van der Waals surface area contributed by atoms with Crippen LogP contribution in [0, 0.1) is 11.3 Å². The van der Waals surface area contributed by atoms with Crippen LogP contribution in [-0.2, 0) is 0 Å². The number of nitrogens with zero attached hydrogens (tertiary/aromatic N) is 2. The second kappa shape index (κ2) is 5.52. The van der Waals surface area contributed by atoms with Crippen LogP contribution in [0.15, 0.2) is 41.0 Å². The number of anilines is 2. The van der Waals surface area contributed by atoms with Crippen molar-refractivity contribution in [3.8, 4) is 11.8 Å². The molecule has 90 valence electrons. The van der Waals surface area contributed by atoms with Gasteiger partial charge in [0.25, 0.3) is 0 Å². The summed E-state index contributed by atoms with van der Waals surface area (Å²) in [7, 11) is 1.61. The van der Waals surface area contributed by atoms with E-state index in [1.165, 1.54) is 0 Å². The maximum Gasteiger partial charge on any atom is 0.135 e. The molecule has 1 heterocycles. The average Bonchev–Trinajstić information content (AvgIpc) is 2.41. The van der Waals surface area contributed by atoms with Gasteiger partial charge in [0.05, 0.1) is 23.2 Å². The summed E-state index contributed by atoms with van der Waals surface area (Å²) in [6, 6.07) is 11.1. The lowest BCUT2D eigenvalue weighted by molar-refractivity contribution is 0.412. The summed E-state index contributed by atoms with van der Waals surface area (Å²) in [5.41, 5.74) is 1.41. The first-order valence-corrected chi connectivity index (χ1v) is 5.99. The number of nitrogens with one attached hydrogen (secondary N) is 1. The first-order valence-electron chi connectivity index (χ1n) is 5.19. The number of rotatable bonds is 3. The Morgan fingerprint density at radius 1 is 1.33 bits per heavy atom. The molecule has 5 heteroatoms. The van der Waals surface area contributed by atoms with Gasteiger partial charge in [-0.05, 0) is 40.2 Å². The van der Waals surface area contributed by atoms with E-state index in [0.29, 0.717) is 11.4 Å². The lowest BCUT2D eigenvalue weighted by Crippen LogP contribution is -1.94. The van der Waals surface area contributed by atoms with Crippen molar-refractivity contribution in [3.05, 3.63) is 46.6 Å². The van der Waals surface area contributed by atoms with Gasteiger partial charge in [-0.1, -0.05) is 0 Å². The highest BCUT2D eigenvalue weighted by Gasteiger charge is 2.03. The van der Waals surface area contributed by atoms with Crippen LogP contribution < -0.4 is 10.1 Å². The first kappa shape index (κ1) is 12.4. The molecule has 0 saturated heterocycles. The predicted molar refractivity (Wildman–Crippen MR) is 72.9 cm³/mol. The van der Waals surface area contributed by atoms with Gasteiger partial charge in [-0.15, -0.1) is 0 Å². The number of aromatic nitrogens is 1. The van der Waals surface area contributed by atoms with E-state index in [2.05, 4.69) is 32.3 Å². The van der Waals surface area contributed by atoms with E-state index in [0.717, 1.165) is 15.9 Å². The Labute approximate surface area is 113 Å². The minimum atomic E-state index is 0.566. The third kappa shape index (κ3) is 2.79. The topological polar surface area (TPSA) is 57.9 Å². The van der Waals surface area contributed by atoms with E-state index in [1.54, 1.807) is 25.4 Å². The standard InChI is InChI=1S/C13H10BrN3O/c1-18-12-7-10(2-3-11(12)14)17-13-6-9(8-15)4-5-16-13/h2-7H,1H3,(H,16,17). The second-order valence-electron chi connectivity index (χ2n) is 3.52. The maximum absolute atomic E-state index is 8.81. The number of methoxy groups -OCH3 is 1. The number of hydrogen-bond donors (Lipinski definition) is 1. The summed E-state index contributed by atoms with van der Waals surface area (Å²) < 4.78 is 6.09. The Kier molecular flexibility index (Phi) is 3.80. The molecule has 1 aromatic carbocycles. The number of pyridine rings is 1. The molecular weight excluding hydrogens is 294 g/mol. The molecule has 2 rings (SSSR count). The fourth-order valence-electron chi connectivity index (χ4n) is 1.45. The quantitative estimate of drug-likeness (QED) is 0.943. The fourth-order valence-corrected chi connectivity index (χ4v) is 1.86. The summed E-state index contributed by atoms with van der Waals surface area (Å²) in [5.74, 6) is 1.36. The van der Waals surface area contributed by atoms with Gasteiger partial charge in [-0.2, -0.15) is 5.26 Å². The van der Waals surface area contributed by atoms with Gasteiger partial charge in [0.2, 0.25) is 0 Å². The van der Waals surface area contributed by atoms with Gasteiger partial charge < -0.3 is 10.1 Å². The van der Waals surface area contributed by atoms with Crippen molar-refractivity contribution in [3.63, 3.8) is 0 Å². The highest BCUT2D eigenvalue weighted by Crippen LogP contribution is 2.29. The van der Waals surface area contributed by atoms with E-state index in [4.69, 9.17) is 10.00 Å². The largest absolute Gasteiger partial charge is 0.495 e. The zero-order valence-corrected chi connectivity index (χ0v) is 11.2. The normalized spacial score (nSPS) is 9.61. The molecule has 0 fully saturated rings. The van der Waals surface area contributed by atoms with Crippen LogP contribution in [0.3, 0.4) is 0 Å². The molecule has 0 amide bonds. The van der Waals surface area contributed by atoms with Gasteiger partial charge in [0.1, 0.15) is 11.6 Å². The SMILES string of the molecule is COc1cc(Nc2cc(C#N)ccn2)ccc1Br. The number of benzene rings is 1. The van der Waals surface area contributed by atoms with Crippen LogP contribution in [0.25, 0.3) is 0 Å². The van der Waals surface area contributed by atoms with Crippen molar-refractivity contribution in [1.29, 1.82) is 5.26 Å². The Morgan fingerprint density at radius 3 is 2.89 bits per heavy atom. The third-order valence-electron chi connectivity index (χ3n) is 2.31. The Hall–Kier alpha value is -2.06. The van der Waals surface area contributed by atoms with Crippen LogP contribution in [0.2, 0.25) is 0 Å². The van der Waals surface area contributed by atoms with Crippen molar-refractivity contribution in [1.82, 2.24) is 4.98 Å². The third-order valence-corrected chi connectivity index (χ3v) is 2.97. The molecule has 0 radical (unpaired) electrons. The van der Waals surface area contributed by atoms with Crippen molar-refractivity contribution >= 4 is 27.4 Å². The predicted octanol–water partition coefficient (Wildman–Crippen LogP) is 3.47. The Balaban J connectivity index is 2.26. The van der Waals surface area contributed by atoms with E-state index >= 15 is 0 Å². The van der Waals surface area contributed by atoms with Crippen molar-refractivity contribution < 1.29 is 4.74 Å². The highest BCUT2D eigenvalue weighted by molar-refractivity contribution is 9.10. The minimum Gasteiger partial charge on any atom is -0.495 e. The van der Waals surface area contributed by atoms with Crippen LogP contribution in [-0.4, -0.2) is 12.1 Å². The van der Waals surface area contributed by atoms with E-state index < -0.39 is 0 Å². The summed E-state index contributed by atoms with van der Waals surface area (Å²) >= 11 is 3.39. The number of halogens is 1. The summed E-state index contributed by atoms with van der Waals surface area (Å²) in [6.45, 7) is 0. The number of ether oxygens (including phenoxy) is 1. The van der Waals surface area contributed by atoms with Gasteiger partial charge in [0, 0.05) is 18.0 Å².